The van der Waals surface area contributed by atoms with Crippen LogP contribution in [0.25, 0.3) is 30.6 Å². The van der Waals surface area contributed by atoms with E-state index in [1.807, 2.05) is 159 Å². The molecule has 11 aromatic rings. The number of hydrogen-bond donors (Lipinski definition) is 7. The number of anilines is 5. The van der Waals surface area contributed by atoms with E-state index in [2.05, 4.69) is 106 Å². The van der Waals surface area contributed by atoms with E-state index < -0.39 is 27.8 Å². The summed E-state index contributed by atoms with van der Waals surface area (Å²) < 4.78 is 13.7. The molecular formula is C70H78Cl4N20O6S3. The highest BCUT2D eigenvalue weighted by molar-refractivity contribution is 7.18. The minimum atomic E-state index is -0.577. The number of nitrogens with two attached hydrogens (primary N) is 1. The summed E-state index contributed by atoms with van der Waals surface area (Å²) in [6.45, 7) is 24.2. The molecule has 0 spiro atoms. The number of fused-ring (bicyclic) bond motifs is 6. The number of nitrogens with zero attached hydrogens (tertiary/aromatic N) is 13. The first kappa shape index (κ1) is 75.1. The van der Waals surface area contributed by atoms with E-state index in [0.717, 1.165) is 77.3 Å². The maximum atomic E-state index is 13.2. The molecular weight excluding hydrogens is 1450 g/mol. The van der Waals surface area contributed by atoms with Crippen molar-refractivity contribution in [1.82, 2.24) is 80.5 Å². The van der Waals surface area contributed by atoms with E-state index in [0.29, 0.717) is 65.7 Å². The van der Waals surface area contributed by atoms with Gasteiger partial charge in [0.05, 0.1) is 90.0 Å². The van der Waals surface area contributed by atoms with Crippen molar-refractivity contribution in [2.75, 3.05) is 16.4 Å². The van der Waals surface area contributed by atoms with Crippen LogP contribution in [0.5, 0.6) is 0 Å². The number of hydrogen-bond acceptors (Lipinski definition) is 22. The number of halogens is 4. The Kier molecular flexibility index (Phi) is 21.6. The topological polar surface area (TPSA) is 334 Å². The number of carbonyl (C=O) groups excluding carboxylic acids is 4. The first-order valence-corrected chi connectivity index (χ1v) is 36.6. The molecule has 8 N–H and O–H groups in total. The fourth-order valence-corrected chi connectivity index (χ4v) is 15.4. The number of ether oxygens (including phenoxy) is 2. The Morgan fingerprint density at radius 2 is 0.961 bits per heavy atom. The highest BCUT2D eigenvalue weighted by atomic mass is 35.5. The number of aromatic nitrogens is 12. The second kappa shape index (κ2) is 29.6. The summed E-state index contributed by atoms with van der Waals surface area (Å²) in [7, 11) is 0. The van der Waals surface area contributed by atoms with E-state index >= 15 is 0 Å². The van der Waals surface area contributed by atoms with Crippen molar-refractivity contribution in [2.24, 2.45) is 4.99 Å². The van der Waals surface area contributed by atoms with Crippen molar-refractivity contribution in [3.63, 3.8) is 0 Å². The summed E-state index contributed by atoms with van der Waals surface area (Å²) in [5, 5.41) is 38.5. The molecule has 4 amide bonds. The molecule has 0 bridgehead atoms. The average Bonchev–Trinajstić information content (AvgIpc) is 1.60. The molecule has 4 atom stereocenters. The zero-order valence-electron chi connectivity index (χ0n) is 57.7. The Bertz CT molecular complexity index is 4980. The van der Waals surface area contributed by atoms with Gasteiger partial charge in [0.25, 0.3) is 0 Å². The minimum Gasteiger partial charge on any atom is -0.444 e. The van der Waals surface area contributed by atoms with Crippen molar-refractivity contribution in [3.8, 4) is 0 Å². The van der Waals surface area contributed by atoms with Gasteiger partial charge in [0, 0.05) is 34.6 Å². The van der Waals surface area contributed by atoms with Gasteiger partial charge in [-0.25, -0.2) is 44.1 Å². The van der Waals surface area contributed by atoms with Crippen LogP contribution in [-0.4, -0.2) is 123 Å². The van der Waals surface area contributed by atoms with Crippen LogP contribution >= 0.6 is 80.4 Å². The van der Waals surface area contributed by atoms with Crippen LogP contribution in [0.4, 0.5) is 43.5 Å². The maximum Gasteiger partial charge on any atom is 0.411 e. The first-order valence-electron chi connectivity index (χ1n) is 32.5. The lowest BCUT2D eigenvalue weighted by atomic mass is 10.0. The zero-order chi connectivity index (χ0) is 73.0. The molecule has 3 aliphatic heterocycles. The molecule has 2 unspecified atom stereocenters. The van der Waals surface area contributed by atoms with E-state index in [1.165, 1.54) is 45.1 Å². The Morgan fingerprint density at radius 3 is 1.43 bits per heavy atom. The Hall–Kier alpha value is -9.06. The fraction of sp³-hybridized carbons (Fsp3) is 0.386. The summed E-state index contributed by atoms with van der Waals surface area (Å²) in [5.41, 5.74) is 13.4. The summed E-state index contributed by atoms with van der Waals surface area (Å²) in [4.78, 5) is 81.9. The predicted octanol–water partition coefficient (Wildman–Crippen LogP) is 17.4. The van der Waals surface area contributed by atoms with Crippen LogP contribution in [0.1, 0.15) is 160 Å². The minimum absolute atomic E-state index is 0. The van der Waals surface area contributed by atoms with Crippen LogP contribution < -0.4 is 21.7 Å². The van der Waals surface area contributed by atoms with Gasteiger partial charge in [0.1, 0.15) is 11.2 Å². The molecule has 0 radical (unpaired) electrons. The van der Waals surface area contributed by atoms with Gasteiger partial charge in [0.15, 0.2) is 34.2 Å². The molecule has 16 rings (SSSR count). The Morgan fingerprint density at radius 1 is 0.553 bits per heavy atom. The number of nitrogens with one attached hydrogen (secondary N) is 6. The second-order valence-electron chi connectivity index (χ2n) is 28.2. The van der Waals surface area contributed by atoms with Gasteiger partial charge in [0.2, 0.25) is 21.9 Å². The number of isocyanates is 1. The van der Waals surface area contributed by atoms with E-state index in [9.17, 15) is 19.2 Å². The fourth-order valence-electron chi connectivity index (χ4n) is 12.3. The number of aromatic amines is 3. The number of nitrogen functional groups attached to an aromatic ring is 1. The second-order valence-corrected chi connectivity index (χ2v) is 32.3. The van der Waals surface area contributed by atoms with Crippen molar-refractivity contribution < 1.29 is 28.7 Å². The van der Waals surface area contributed by atoms with Gasteiger partial charge in [-0.15, -0.1) is 34.0 Å². The van der Waals surface area contributed by atoms with Gasteiger partial charge in [-0.2, -0.15) is 25.3 Å². The molecule has 2 saturated carbocycles. The lowest BCUT2D eigenvalue weighted by molar-refractivity contribution is 0.00339. The van der Waals surface area contributed by atoms with Crippen LogP contribution in [0, 0.1) is 0 Å². The molecule has 103 heavy (non-hydrogen) atoms. The van der Waals surface area contributed by atoms with Crippen LogP contribution in [0.3, 0.4) is 0 Å². The number of urea groups is 1. The molecule has 9 aromatic heterocycles. The number of thiophene rings is 3. The van der Waals surface area contributed by atoms with Gasteiger partial charge in [-0.3, -0.25) is 25.1 Å². The number of carbonyl (C=O) groups is 3. The van der Waals surface area contributed by atoms with E-state index in [1.54, 1.807) is 15.9 Å². The van der Waals surface area contributed by atoms with Crippen molar-refractivity contribution in [3.05, 3.63) is 161 Å². The zero-order valence-corrected chi connectivity index (χ0v) is 63.1. The number of H-pyrrole nitrogens is 3. The lowest BCUT2D eigenvalue weighted by Gasteiger charge is -2.33. The van der Waals surface area contributed by atoms with Gasteiger partial charge in [-0.1, -0.05) is 79.7 Å². The SMILES string of the molecule is C.CC(C)(C)OC(=O)N1Cc2c(N)n[nH]c2C1(C)C.CC(C)(C)OC(=O)N1Cc2c(Nc3nc(Cl)nc4ccsc34)n[nH]c2C1(C)C.CC1(C)c2[nH]nc(Nc3nc(Cl)nc4ccsc34)c2CN1C(=O)N[C@H]1CC1c1ccccc1.Clc1nc(Cl)c2sccc2n1.O=C=N[C@H]1CC1c1ccccc1. The Labute approximate surface area is 626 Å². The lowest BCUT2D eigenvalue weighted by Crippen LogP contribution is -2.47. The molecule has 2 fully saturated rings. The van der Waals surface area contributed by atoms with Gasteiger partial charge in [-0.05, 0) is 176 Å². The molecule has 2 aromatic carbocycles. The Balaban J connectivity index is 0.000000137. The smallest absolute Gasteiger partial charge is 0.411 e. The van der Waals surface area contributed by atoms with Gasteiger partial charge < -0.3 is 36.1 Å². The molecule has 12 heterocycles. The van der Waals surface area contributed by atoms with Crippen LogP contribution in [-0.2, 0) is 50.5 Å². The number of aliphatic imine (C=N–C) groups is 1. The summed E-state index contributed by atoms with van der Waals surface area (Å²) in [5.74, 6) is 3.75. The van der Waals surface area contributed by atoms with E-state index in [4.69, 9.17) is 61.6 Å². The summed E-state index contributed by atoms with van der Waals surface area (Å²) in [6.07, 6.45) is 2.87. The standard InChI is InChI=1S/C23H22ClN7OS.C18H21ClN6O2S.C12H20N4O2.C10H9NO.C6H2Cl2N2S.CH4/c1-23(2)18-14(11-31(23)22(32)26-16-10-13(16)12-6-4-3-5-7-12)19(30-29-18)27-20-17-15(8-9-33-17)25-21(24)28-20;1-17(2,3)27-16(26)25-8-9-12(18(25,4)5)23-24-13(9)21-14-11-10(6-7-28-11)20-15(19)22-14;1-11(2,3)18-10(17)16-6-7-8(12(16,4)5)14-15-9(7)13;12-7-11-10-6-9(10)8-4-2-1-3-5-8;7-5-4-3(1-2-11-4)9-6(8)10-5;/h3-9,13,16H,10-11H2,1-2H3,(H,26,32)(H2,25,27,28,29,30);6-7H,8H2,1-5H3,(H2,20,21,22,23,24);6H2,1-5H3,(H3,13,14,15);1-5,9-10H,6H2;1-2H;1H4/t13?,16-;;;9?,10-;;/m0..0../s1. The summed E-state index contributed by atoms with van der Waals surface area (Å²) >= 11 is 28.1. The van der Waals surface area contributed by atoms with E-state index in [-0.39, 0.29) is 53.6 Å². The number of amides is 4. The number of rotatable bonds is 8. The molecule has 5 aliphatic rings. The van der Waals surface area contributed by atoms with Crippen LogP contribution in [0.2, 0.25) is 21.0 Å². The van der Waals surface area contributed by atoms with Crippen molar-refractivity contribution >= 4 is 164 Å². The third-order valence-corrected chi connectivity index (χ3v) is 21.3. The average molecular weight is 1530 g/mol. The first-order chi connectivity index (χ1) is 48.3. The monoisotopic (exact) mass is 1530 g/mol. The molecule has 0 saturated heterocycles. The molecule has 33 heteroatoms. The highest BCUT2D eigenvalue weighted by Gasteiger charge is 2.49. The molecule has 540 valence electrons. The van der Waals surface area contributed by atoms with Crippen molar-refractivity contribution in [2.45, 2.75) is 175 Å². The quantitative estimate of drug-likeness (QED) is 0.0322. The number of benzene rings is 2. The summed E-state index contributed by atoms with van der Waals surface area (Å²) in [6, 6.07) is 26.4. The largest absolute Gasteiger partial charge is 0.444 e. The third kappa shape index (κ3) is 16.3. The third-order valence-electron chi connectivity index (χ3n) is 17.7. The molecule has 26 nitrogen and oxygen atoms in total. The van der Waals surface area contributed by atoms with Gasteiger partial charge >= 0.3 is 18.2 Å². The maximum absolute atomic E-state index is 13.2. The van der Waals surface area contributed by atoms with Crippen molar-refractivity contribution in [1.29, 1.82) is 0 Å². The van der Waals surface area contributed by atoms with Crippen LogP contribution in [0.15, 0.2) is 100.0 Å². The predicted molar refractivity (Wildman–Crippen MR) is 406 cm³/mol. The highest BCUT2D eigenvalue weighted by Crippen LogP contribution is 2.47. The molecule has 2 aliphatic carbocycles. The normalized spacial score (nSPS) is 18.2.